The lowest BCUT2D eigenvalue weighted by Crippen LogP contribution is -2.36. The Balaban J connectivity index is 1.34. The van der Waals surface area contributed by atoms with Crippen LogP contribution in [0.4, 0.5) is 5.69 Å². The number of aromatic amines is 1. The predicted octanol–water partition coefficient (Wildman–Crippen LogP) is 2.84. The molecule has 158 valence electrons. The second kappa shape index (κ2) is 7.47. The number of aromatic nitrogens is 4. The average Bonchev–Trinajstić information content (AvgIpc) is 3.45. The first kappa shape index (κ1) is 18.5. The number of unbranched alkanes of at least 4 members (excludes halogenated alkanes) is 1. The first-order chi connectivity index (χ1) is 15.3. The fourth-order valence-corrected chi connectivity index (χ4v) is 4.74. The van der Waals surface area contributed by atoms with Crippen LogP contribution in [-0.4, -0.2) is 63.9 Å². The van der Waals surface area contributed by atoms with Crippen LogP contribution in [0, 0.1) is 0 Å². The molecule has 0 atom stereocenters. The summed E-state index contributed by atoms with van der Waals surface area (Å²) in [5, 5.41) is 12.8. The minimum Gasteiger partial charge on any atom is -0.384 e. The Kier molecular flexibility index (Phi) is 4.47. The van der Waals surface area contributed by atoms with Crippen molar-refractivity contribution in [3.63, 3.8) is 0 Å². The quantitative estimate of drug-likeness (QED) is 0.327. The largest absolute Gasteiger partial charge is 0.384 e. The molecule has 0 aliphatic carbocycles. The van der Waals surface area contributed by atoms with Gasteiger partial charge in [-0.2, -0.15) is 5.10 Å². The molecule has 31 heavy (non-hydrogen) atoms. The molecule has 0 saturated carbocycles. The van der Waals surface area contributed by atoms with Crippen LogP contribution in [-0.2, 0) is 4.74 Å². The van der Waals surface area contributed by atoms with E-state index in [9.17, 15) is 4.79 Å². The molecule has 2 aromatic carbocycles. The highest BCUT2D eigenvalue weighted by molar-refractivity contribution is 6.13. The SMILES string of the molecule is O=c1c2c(NCCCCN3CCOCC3)ccc3ncn(c4ccc5[nH]ncc5c14)c32. The van der Waals surface area contributed by atoms with Crippen LogP contribution >= 0.6 is 0 Å². The Hall–Kier alpha value is -3.23. The Morgan fingerprint density at radius 1 is 1.10 bits per heavy atom. The first-order valence-electron chi connectivity index (χ1n) is 10.9. The zero-order valence-electron chi connectivity index (χ0n) is 17.2. The third-order valence-corrected chi connectivity index (χ3v) is 6.35. The number of imidazole rings is 1. The number of rotatable bonds is 6. The van der Waals surface area contributed by atoms with E-state index < -0.39 is 0 Å². The monoisotopic (exact) mass is 416 g/mol. The summed E-state index contributed by atoms with van der Waals surface area (Å²) in [4.78, 5) is 20.7. The molecular formula is C23H24N6O2. The third-order valence-electron chi connectivity index (χ3n) is 6.35. The summed E-state index contributed by atoms with van der Waals surface area (Å²) < 4.78 is 7.44. The normalized spacial score (nSPS) is 15.6. The van der Waals surface area contributed by atoms with Gasteiger partial charge in [-0.1, -0.05) is 0 Å². The van der Waals surface area contributed by atoms with E-state index in [2.05, 4.69) is 25.4 Å². The van der Waals surface area contributed by atoms with E-state index >= 15 is 0 Å². The zero-order valence-corrected chi connectivity index (χ0v) is 17.2. The molecule has 0 radical (unpaired) electrons. The number of fused-ring (bicyclic) bond motifs is 4. The molecule has 8 nitrogen and oxygen atoms in total. The molecular weight excluding hydrogens is 392 g/mol. The number of hydrogen-bond acceptors (Lipinski definition) is 6. The molecule has 1 saturated heterocycles. The lowest BCUT2D eigenvalue weighted by molar-refractivity contribution is 0.0373. The van der Waals surface area contributed by atoms with Gasteiger partial charge in [0.15, 0.2) is 5.43 Å². The van der Waals surface area contributed by atoms with Crippen LogP contribution in [0.5, 0.6) is 0 Å². The van der Waals surface area contributed by atoms with Gasteiger partial charge in [0.1, 0.15) is 6.33 Å². The van der Waals surface area contributed by atoms with E-state index in [0.717, 1.165) is 85.4 Å². The number of nitrogens with one attached hydrogen (secondary N) is 2. The van der Waals surface area contributed by atoms with E-state index in [-0.39, 0.29) is 5.43 Å². The molecule has 1 aliphatic rings. The van der Waals surface area contributed by atoms with Crippen molar-refractivity contribution in [3.8, 4) is 0 Å². The first-order valence-corrected chi connectivity index (χ1v) is 10.9. The van der Waals surface area contributed by atoms with E-state index in [1.54, 1.807) is 12.5 Å². The lowest BCUT2D eigenvalue weighted by atomic mass is 10.0. The summed E-state index contributed by atoms with van der Waals surface area (Å²) in [5.74, 6) is 0. The van der Waals surface area contributed by atoms with Crippen molar-refractivity contribution in [2.45, 2.75) is 12.8 Å². The molecule has 0 spiro atoms. The van der Waals surface area contributed by atoms with Crippen LogP contribution in [0.25, 0.3) is 38.2 Å². The van der Waals surface area contributed by atoms with E-state index in [0.29, 0.717) is 10.8 Å². The summed E-state index contributed by atoms with van der Waals surface area (Å²) in [6, 6.07) is 7.89. The van der Waals surface area contributed by atoms with Crippen LogP contribution in [0.15, 0.2) is 41.6 Å². The minimum absolute atomic E-state index is 0.0245. The van der Waals surface area contributed by atoms with Gasteiger partial charge in [-0.25, -0.2) is 4.98 Å². The van der Waals surface area contributed by atoms with Crippen LogP contribution in [0.1, 0.15) is 12.8 Å². The number of ether oxygens (including phenoxy) is 1. The van der Waals surface area contributed by atoms with E-state index in [4.69, 9.17) is 4.74 Å². The zero-order chi connectivity index (χ0) is 20.8. The lowest BCUT2D eigenvalue weighted by Gasteiger charge is -2.26. The van der Waals surface area contributed by atoms with Crippen molar-refractivity contribution < 1.29 is 4.74 Å². The van der Waals surface area contributed by atoms with Crippen molar-refractivity contribution in [1.29, 1.82) is 0 Å². The fraction of sp³-hybridized carbons (Fsp3) is 0.348. The molecule has 2 N–H and O–H groups in total. The summed E-state index contributed by atoms with van der Waals surface area (Å²) in [5.41, 5.74) is 4.32. The van der Waals surface area contributed by atoms with Crippen molar-refractivity contribution >= 4 is 43.9 Å². The summed E-state index contributed by atoms with van der Waals surface area (Å²) in [6.07, 6.45) is 5.70. The molecule has 4 heterocycles. The average molecular weight is 416 g/mol. The number of pyridine rings is 1. The van der Waals surface area contributed by atoms with Crippen molar-refractivity contribution in [2.75, 3.05) is 44.7 Å². The number of nitrogens with zero attached hydrogens (tertiary/aromatic N) is 4. The topological polar surface area (TPSA) is 87.5 Å². The highest BCUT2D eigenvalue weighted by Crippen LogP contribution is 2.30. The van der Waals surface area contributed by atoms with Gasteiger partial charge in [-0.3, -0.25) is 19.2 Å². The van der Waals surface area contributed by atoms with Gasteiger partial charge in [0, 0.05) is 30.7 Å². The highest BCUT2D eigenvalue weighted by atomic mass is 16.5. The molecule has 0 bridgehead atoms. The van der Waals surface area contributed by atoms with Crippen LogP contribution in [0.3, 0.4) is 0 Å². The second-order valence-corrected chi connectivity index (χ2v) is 8.18. The van der Waals surface area contributed by atoms with E-state index in [1.807, 2.05) is 28.7 Å². The maximum Gasteiger partial charge on any atom is 0.200 e. The van der Waals surface area contributed by atoms with Crippen LogP contribution in [0.2, 0.25) is 0 Å². The molecule has 0 unspecified atom stereocenters. The Morgan fingerprint density at radius 2 is 2.00 bits per heavy atom. The fourth-order valence-electron chi connectivity index (χ4n) is 4.74. The maximum atomic E-state index is 13.7. The minimum atomic E-state index is 0.0245. The number of anilines is 1. The van der Waals surface area contributed by atoms with Crippen molar-refractivity contribution in [1.82, 2.24) is 24.5 Å². The van der Waals surface area contributed by atoms with E-state index in [1.165, 1.54) is 0 Å². The molecule has 1 aliphatic heterocycles. The van der Waals surface area contributed by atoms with Gasteiger partial charge in [-0.05, 0) is 43.7 Å². The second-order valence-electron chi connectivity index (χ2n) is 8.18. The Bertz CT molecular complexity index is 1430. The van der Waals surface area contributed by atoms with Gasteiger partial charge in [0.25, 0.3) is 0 Å². The van der Waals surface area contributed by atoms with Crippen LogP contribution < -0.4 is 10.7 Å². The Morgan fingerprint density at radius 3 is 2.90 bits per heavy atom. The number of hydrogen-bond donors (Lipinski definition) is 2. The highest BCUT2D eigenvalue weighted by Gasteiger charge is 2.18. The number of H-pyrrole nitrogens is 1. The van der Waals surface area contributed by atoms with Gasteiger partial charge in [0.05, 0.1) is 52.2 Å². The van der Waals surface area contributed by atoms with Gasteiger partial charge >= 0.3 is 0 Å². The Labute approximate surface area is 178 Å². The number of morpholine rings is 1. The molecule has 8 heteroatoms. The molecule has 6 rings (SSSR count). The summed E-state index contributed by atoms with van der Waals surface area (Å²) >= 11 is 0. The predicted molar refractivity (Wildman–Crippen MR) is 122 cm³/mol. The summed E-state index contributed by atoms with van der Waals surface area (Å²) in [7, 11) is 0. The smallest absolute Gasteiger partial charge is 0.200 e. The van der Waals surface area contributed by atoms with Crippen molar-refractivity contribution in [2.24, 2.45) is 0 Å². The third kappa shape index (κ3) is 3.02. The van der Waals surface area contributed by atoms with Gasteiger partial charge in [-0.15, -0.1) is 0 Å². The van der Waals surface area contributed by atoms with Gasteiger partial charge in [0.2, 0.25) is 0 Å². The van der Waals surface area contributed by atoms with Gasteiger partial charge < -0.3 is 10.1 Å². The van der Waals surface area contributed by atoms with Crippen molar-refractivity contribution in [3.05, 3.63) is 47.0 Å². The number of benzene rings is 2. The molecule has 3 aromatic heterocycles. The standard InChI is InChI=1S/C23H24N6O2/c30-23-20-15-13-26-27-16(15)5-6-19(20)29-14-25-18-4-3-17(21(23)22(18)29)24-7-1-2-8-28-9-11-31-12-10-28/h3-6,13-14,24H,1-2,7-12H2,(H,26,27). The molecule has 1 fully saturated rings. The summed E-state index contributed by atoms with van der Waals surface area (Å²) in [6.45, 7) is 5.64. The molecule has 0 amide bonds. The molecule has 5 aromatic rings. The maximum absolute atomic E-state index is 13.7.